The molecule has 1 rings (SSSR count). The fraction of sp³-hybridized carbons (Fsp3) is 0.875. The second kappa shape index (κ2) is 3.66. The number of rotatable bonds is 3. The molecule has 0 spiro atoms. The summed E-state index contributed by atoms with van der Waals surface area (Å²) in [6, 6.07) is 0.316. The van der Waals surface area contributed by atoms with Gasteiger partial charge in [-0.3, -0.25) is 4.79 Å². The highest BCUT2D eigenvalue weighted by Crippen LogP contribution is 2.28. The highest BCUT2D eigenvalue weighted by atomic mass is 32.2. The molecule has 1 aliphatic heterocycles. The van der Waals surface area contributed by atoms with Crippen LogP contribution in [0, 0.1) is 0 Å². The molecule has 0 bridgehead atoms. The molecule has 0 saturated carbocycles. The maximum absolute atomic E-state index is 11.2. The van der Waals surface area contributed by atoms with Crippen LogP contribution < -0.4 is 11.1 Å². The molecule has 4 heteroatoms. The second-order valence-corrected chi connectivity index (χ2v) is 4.65. The van der Waals surface area contributed by atoms with E-state index < -0.39 is 5.54 Å². The molecule has 1 aliphatic rings. The van der Waals surface area contributed by atoms with E-state index >= 15 is 0 Å². The molecule has 1 amide bonds. The summed E-state index contributed by atoms with van der Waals surface area (Å²) >= 11 is 1.79. The van der Waals surface area contributed by atoms with Gasteiger partial charge in [-0.05, 0) is 26.0 Å². The van der Waals surface area contributed by atoms with E-state index in [1.807, 2.05) is 13.8 Å². The zero-order valence-electron chi connectivity index (χ0n) is 7.59. The normalized spacial score (nSPS) is 29.6. The first-order chi connectivity index (χ1) is 5.57. The van der Waals surface area contributed by atoms with Crippen LogP contribution in [0.25, 0.3) is 0 Å². The van der Waals surface area contributed by atoms with Crippen molar-refractivity contribution >= 4 is 17.7 Å². The van der Waals surface area contributed by atoms with Gasteiger partial charge in [-0.25, -0.2) is 0 Å². The molecule has 0 radical (unpaired) electrons. The standard InChI is InChI=1S/C8H16N2OS/c1-6(2)10-8(7(9)11)3-4-12-5-8/h6,10H,3-5H2,1-2H3,(H2,9,11). The van der Waals surface area contributed by atoms with Crippen LogP contribution in [0.5, 0.6) is 0 Å². The van der Waals surface area contributed by atoms with Crippen molar-refractivity contribution in [2.75, 3.05) is 11.5 Å². The van der Waals surface area contributed by atoms with Crippen molar-refractivity contribution in [3.63, 3.8) is 0 Å². The molecular formula is C8H16N2OS. The summed E-state index contributed by atoms with van der Waals surface area (Å²) in [7, 11) is 0. The van der Waals surface area contributed by atoms with Gasteiger partial charge in [0.05, 0.1) is 0 Å². The van der Waals surface area contributed by atoms with E-state index in [1.165, 1.54) is 0 Å². The minimum atomic E-state index is -0.432. The van der Waals surface area contributed by atoms with Crippen LogP contribution >= 0.6 is 11.8 Å². The molecule has 1 saturated heterocycles. The zero-order chi connectivity index (χ0) is 9.19. The van der Waals surface area contributed by atoms with Gasteiger partial charge in [0.1, 0.15) is 5.54 Å². The Kier molecular flexibility index (Phi) is 3.01. The first-order valence-corrected chi connectivity index (χ1v) is 5.38. The van der Waals surface area contributed by atoms with E-state index in [4.69, 9.17) is 5.73 Å². The zero-order valence-corrected chi connectivity index (χ0v) is 8.41. The van der Waals surface area contributed by atoms with Gasteiger partial charge >= 0.3 is 0 Å². The van der Waals surface area contributed by atoms with Crippen molar-refractivity contribution in [2.24, 2.45) is 5.73 Å². The number of carbonyl (C=O) groups is 1. The van der Waals surface area contributed by atoms with Gasteiger partial charge in [-0.15, -0.1) is 0 Å². The third-order valence-corrected chi connectivity index (χ3v) is 3.25. The summed E-state index contributed by atoms with van der Waals surface area (Å²) in [5, 5.41) is 3.26. The molecule has 0 aliphatic carbocycles. The van der Waals surface area contributed by atoms with Crippen molar-refractivity contribution in [3.05, 3.63) is 0 Å². The minimum absolute atomic E-state index is 0.207. The lowest BCUT2D eigenvalue weighted by molar-refractivity contribution is -0.123. The van der Waals surface area contributed by atoms with Crippen LogP contribution in [0.3, 0.4) is 0 Å². The average molecular weight is 188 g/mol. The number of hydrogen-bond acceptors (Lipinski definition) is 3. The lowest BCUT2D eigenvalue weighted by Crippen LogP contribution is -2.57. The van der Waals surface area contributed by atoms with Crippen LogP contribution in [0.2, 0.25) is 0 Å². The maximum Gasteiger partial charge on any atom is 0.238 e. The average Bonchev–Trinajstić information content (AvgIpc) is 2.35. The van der Waals surface area contributed by atoms with Crippen LogP contribution in [0.4, 0.5) is 0 Å². The van der Waals surface area contributed by atoms with Crippen LogP contribution in [0.1, 0.15) is 20.3 Å². The Morgan fingerprint density at radius 2 is 2.33 bits per heavy atom. The lowest BCUT2D eigenvalue weighted by Gasteiger charge is -2.28. The summed E-state index contributed by atoms with van der Waals surface area (Å²) in [6.45, 7) is 4.07. The Labute approximate surface area is 77.5 Å². The van der Waals surface area contributed by atoms with E-state index in [1.54, 1.807) is 11.8 Å². The number of amides is 1. The van der Waals surface area contributed by atoms with E-state index in [9.17, 15) is 4.79 Å². The summed E-state index contributed by atoms with van der Waals surface area (Å²) < 4.78 is 0. The van der Waals surface area contributed by atoms with Crippen molar-refractivity contribution < 1.29 is 4.79 Å². The molecule has 0 aromatic rings. The predicted molar refractivity (Wildman–Crippen MR) is 52.1 cm³/mol. The van der Waals surface area contributed by atoms with Gasteiger partial charge in [0, 0.05) is 11.8 Å². The van der Waals surface area contributed by atoms with Crippen LogP contribution in [0.15, 0.2) is 0 Å². The Morgan fingerprint density at radius 3 is 2.67 bits per heavy atom. The fourth-order valence-corrected chi connectivity index (χ4v) is 2.85. The number of hydrogen-bond donors (Lipinski definition) is 2. The largest absolute Gasteiger partial charge is 0.368 e. The van der Waals surface area contributed by atoms with Crippen LogP contribution in [-0.4, -0.2) is 29.0 Å². The lowest BCUT2D eigenvalue weighted by atomic mass is 9.97. The molecule has 1 atom stereocenters. The summed E-state index contributed by atoms with van der Waals surface area (Å²) in [5.41, 5.74) is 4.93. The fourth-order valence-electron chi connectivity index (χ4n) is 1.50. The molecule has 1 heterocycles. The van der Waals surface area contributed by atoms with E-state index in [0.717, 1.165) is 17.9 Å². The third-order valence-electron chi connectivity index (χ3n) is 2.06. The van der Waals surface area contributed by atoms with Crippen molar-refractivity contribution in [1.82, 2.24) is 5.32 Å². The van der Waals surface area contributed by atoms with Crippen molar-refractivity contribution in [1.29, 1.82) is 0 Å². The highest BCUT2D eigenvalue weighted by Gasteiger charge is 2.40. The monoisotopic (exact) mass is 188 g/mol. The third kappa shape index (κ3) is 1.93. The molecule has 70 valence electrons. The quantitative estimate of drug-likeness (QED) is 0.672. The minimum Gasteiger partial charge on any atom is -0.368 e. The summed E-state index contributed by atoms with van der Waals surface area (Å²) in [5.74, 6) is 1.64. The molecule has 1 unspecified atom stereocenters. The van der Waals surface area contributed by atoms with E-state index in [0.29, 0.717) is 6.04 Å². The van der Waals surface area contributed by atoms with Crippen LogP contribution in [-0.2, 0) is 4.79 Å². The predicted octanol–water partition coefficient (Wildman–Crippen LogP) is 0.345. The maximum atomic E-state index is 11.2. The van der Waals surface area contributed by atoms with Gasteiger partial charge in [0.15, 0.2) is 0 Å². The van der Waals surface area contributed by atoms with Gasteiger partial charge < -0.3 is 11.1 Å². The smallest absolute Gasteiger partial charge is 0.238 e. The SMILES string of the molecule is CC(C)NC1(C(N)=O)CCSC1. The Hall–Kier alpha value is -0.220. The topological polar surface area (TPSA) is 55.1 Å². The van der Waals surface area contributed by atoms with E-state index in [2.05, 4.69) is 5.32 Å². The molecule has 0 aromatic carbocycles. The van der Waals surface area contributed by atoms with Crippen molar-refractivity contribution in [2.45, 2.75) is 31.8 Å². The molecular weight excluding hydrogens is 172 g/mol. The summed E-state index contributed by atoms with van der Waals surface area (Å²) in [4.78, 5) is 11.2. The second-order valence-electron chi connectivity index (χ2n) is 3.55. The van der Waals surface area contributed by atoms with E-state index in [-0.39, 0.29) is 5.91 Å². The summed E-state index contributed by atoms with van der Waals surface area (Å²) in [6.07, 6.45) is 0.866. The number of thioether (sulfide) groups is 1. The first-order valence-electron chi connectivity index (χ1n) is 4.22. The number of nitrogens with two attached hydrogens (primary N) is 1. The van der Waals surface area contributed by atoms with Crippen molar-refractivity contribution in [3.8, 4) is 0 Å². The molecule has 1 fully saturated rings. The highest BCUT2D eigenvalue weighted by molar-refractivity contribution is 7.99. The first kappa shape index (κ1) is 9.86. The molecule has 0 aromatic heterocycles. The number of nitrogens with one attached hydrogen (secondary N) is 1. The number of primary amides is 1. The Morgan fingerprint density at radius 1 is 1.67 bits per heavy atom. The molecule has 12 heavy (non-hydrogen) atoms. The Balaban J connectivity index is 2.65. The number of carbonyl (C=O) groups excluding carboxylic acids is 1. The van der Waals surface area contributed by atoms with Gasteiger partial charge in [-0.2, -0.15) is 11.8 Å². The molecule has 3 nitrogen and oxygen atoms in total. The van der Waals surface area contributed by atoms with Gasteiger partial charge in [0.2, 0.25) is 5.91 Å². The van der Waals surface area contributed by atoms with Gasteiger partial charge in [0.25, 0.3) is 0 Å². The molecule has 3 N–H and O–H groups in total. The Bertz CT molecular complexity index is 176. The van der Waals surface area contributed by atoms with Gasteiger partial charge in [-0.1, -0.05) is 0 Å².